The summed E-state index contributed by atoms with van der Waals surface area (Å²) < 4.78 is 17.5. The van der Waals surface area contributed by atoms with Gasteiger partial charge in [0.25, 0.3) is 5.56 Å². The molecule has 3 aromatic rings. The number of H-pyrrole nitrogens is 1. The molecule has 0 spiro atoms. The van der Waals surface area contributed by atoms with Crippen LogP contribution in [0.25, 0.3) is 5.78 Å². The number of methoxy groups -OCH3 is 3. The van der Waals surface area contributed by atoms with Crippen LogP contribution in [0.4, 0.5) is 5.82 Å². The number of carbonyl (C=O) groups is 1. The van der Waals surface area contributed by atoms with Gasteiger partial charge < -0.3 is 19.5 Å². The lowest BCUT2D eigenvalue weighted by molar-refractivity contribution is -0.116. The fourth-order valence-electron chi connectivity index (χ4n) is 3.38. The Bertz CT molecular complexity index is 1080. The van der Waals surface area contributed by atoms with Gasteiger partial charge >= 0.3 is 0 Å². The highest BCUT2D eigenvalue weighted by Crippen LogP contribution is 2.43. The van der Waals surface area contributed by atoms with Crippen LogP contribution in [0.3, 0.4) is 0 Å². The maximum Gasteiger partial charge on any atom is 0.258 e. The van der Waals surface area contributed by atoms with Crippen LogP contribution >= 0.6 is 0 Å². The summed E-state index contributed by atoms with van der Waals surface area (Å²) in [5, 5.41) is 6.81. The van der Waals surface area contributed by atoms with Crippen molar-refractivity contribution in [2.24, 2.45) is 0 Å². The molecule has 0 saturated carbocycles. The largest absolute Gasteiger partial charge is 0.493 e. The molecular formula is C17H17N5O5. The first-order chi connectivity index (χ1) is 13.1. The van der Waals surface area contributed by atoms with E-state index in [9.17, 15) is 9.59 Å². The van der Waals surface area contributed by atoms with Crippen molar-refractivity contribution in [3.63, 3.8) is 0 Å². The number of anilines is 1. The van der Waals surface area contributed by atoms with Gasteiger partial charge in [0, 0.05) is 12.3 Å². The predicted octanol–water partition coefficient (Wildman–Crippen LogP) is 0.917. The van der Waals surface area contributed by atoms with E-state index >= 15 is 0 Å². The number of hydrogen-bond acceptors (Lipinski definition) is 7. The van der Waals surface area contributed by atoms with Crippen molar-refractivity contribution in [3.05, 3.63) is 39.9 Å². The molecule has 0 aliphatic carbocycles. The van der Waals surface area contributed by atoms with E-state index < -0.39 is 5.92 Å². The molecule has 1 aliphatic heterocycles. The number of fused-ring (bicyclic) bond motifs is 3. The van der Waals surface area contributed by atoms with Crippen molar-refractivity contribution >= 4 is 17.5 Å². The van der Waals surface area contributed by atoms with Crippen molar-refractivity contribution in [1.82, 2.24) is 19.6 Å². The number of nitrogens with one attached hydrogen (secondary N) is 2. The molecule has 140 valence electrons. The normalized spacial score (nSPS) is 16.0. The van der Waals surface area contributed by atoms with Crippen LogP contribution in [0.1, 0.15) is 23.5 Å². The summed E-state index contributed by atoms with van der Waals surface area (Å²) in [7, 11) is 4.53. The Hall–Kier alpha value is -3.56. The van der Waals surface area contributed by atoms with Gasteiger partial charge in [-0.1, -0.05) is 0 Å². The molecule has 2 aromatic heterocycles. The number of carbonyl (C=O) groups excluding carboxylic acids is 1. The van der Waals surface area contributed by atoms with E-state index in [2.05, 4.69) is 20.4 Å². The zero-order valence-electron chi connectivity index (χ0n) is 14.9. The van der Waals surface area contributed by atoms with Crippen molar-refractivity contribution in [3.8, 4) is 17.2 Å². The average molecular weight is 371 g/mol. The van der Waals surface area contributed by atoms with Crippen LogP contribution in [-0.4, -0.2) is 46.8 Å². The first-order valence-electron chi connectivity index (χ1n) is 8.13. The predicted molar refractivity (Wildman–Crippen MR) is 94.8 cm³/mol. The van der Waals surface area contributed by atoms with Gasteiger partial charge in [0.05, 0.1) is 26.9 Å². The van der Waals surface area contributed by atoms with E-state index in [0.717, 1.165) is 0 Å². The highest BCUT2D eigenvalue weighted by Gasteiger charge is 2.33. The number of ether oxygens (including phenoxy) is 3. The SMILES string of the molecule is COc1cc([C@@H]2CC(=O)Nc3c2c(=O)[nH]c2ncnn32)cc(OC)c1OC. The van der Waals surface area contributed by atoms with Gasteiger partial charge in [-0.2, -0.15) is 14.6 Å². The lowest BCUT2D eigenvalue weighted by Gasteiger charge is -2.26. The molecule has 2 N–H and O–H groups in total. The van der Waals surface area contributed by atoms with E-state index in [4.69, 9.17) is 14.2 Å². The molecule has 1 aliphatic rings. The van der Waals surface area contributed by atoms with Crippen LogP contribution in [-0.2, 0) is 4.79 Å². The molecule has 1 atom stereocenters. The zero-order chi connectivity index (χ0) is 19.1. The van der Waals surface area contributed by atoms with Gasteiger partial charge in [0.2, 0.25) is 17.4 Å². The highest BCUT2D eigenvalue weighted by molar-refractivity contribution is 5.94. The van der Waals surface area contributed by atoms with Gasteiger partial charge in [-0.3, -0.25) is 14.6 Å². The number of amides is 1. The second-order valence-corrected chi connectivity index (χ2v) is 5.98. The van der Waals surface area contributed by atoms with Gasteiger partial charge in [-0.25, -0.2) is 0 Å². The Morgan fingerprint density at radius 3 is 2.44 bits per heavy atom. The standard InChI is InChI=1S/C17H17N5O5/c1-25-10-4-8(5-11(26-2)14(10)27-3)9-6-12(23)20-15-13(9)16(24)21-17-18-7-19-22(15)17/h4-5,7,9H,6H2,1-3H3,(H,20,23)(H,18,19,21,24)/t9-/m0/s1. The van der Waals surface area contributed by atoms with E-state index in [1.165, 1.54) is 32.2 Å². The summed E-state index contributed by atoms with van der Waals surface area (Å²) in [6.07, 6.45) is 1.40. The summed E-state index contributed by atoms with van der Waals surface area (Å²) in [6, 6.07) is 3.47. The Kier molecular flexibility index (Phi) is 3.94. The van der Waals surface area contributed by atoms with Crippen molar-refractivity contribution in [1.29, 1.82) is 0 Å². The first-order valence-corrected chi connectivity index (χ1v) is 8.13. The molecule has 10 heteroatoms. The van der Waals surface area contributed by atoms with E-state index in [-0.39, 0.29) is 23.7 Å². The fourth-order valence-corrected chi connectivity index (χ4v) is 3.38. The molecule has 0 radical (unpaired) electrons. The lowest BCUT2D eigenvalue weighted by Crippen LogP contribution is -2.32. The van der Waals surface area contributed by atoms with Gasteiger partial charge in [0.15, 0.2) is 11.5 Å². The summed E-state index contributed by atoms with van der Waals surface area (Å²) >= 11 is 0. The van der Waals surface area contributed by atoms with Crippen molar-refractivity contribution < 1.29 is 19.0 Å². The smallest absolute Gasteiger partial charge is 0.258 e. The molecule has 0 bridgehead atoms. The maximum atomic E-state index is 12.7. The van der Waals surface area contributed by atoms with E-state index in [1.54, 1.807) is 12.1 Å². The second-order valence-electron chi connectivity index (χ2n) is 5.98. The minimum atomic E-state index is -0.514. The van der Waals surface area contributed by atoms with Gasteiger partial charge in [-0.05, 0) is 17.7 Å². The minimum absolute atomic E-state index is 0.0922. The fraction of sp³-hybridized carbons (Fsp3) is 0.294. The Balaban J connectivity index is 1.97. The third kappa shape index (κ3) is 2.57. The molecule has 4 rings (SSSR count). The van der Waals surface area contributed by atoms with Crippen molar-refractivity contribution in [2.45, 2.75) is 12.3 Å². The minimum Gasteiger partial charge on any atom is -0.493 e. The number of hydrogen-bond donors (Lipinski definition) is 2. The van der Waals surface area contributed by atoms with Crippen LogP contribution < -0.4 is 25.1 Å². The third-order valence-corrected chi connectivity index (χ3v) is 4.57. The number of nitrogens with zero attached hydrogens (tertiary/aromatic N) is 3. The number of benzene rings is 1. The van der Waals surface area contributed by atoms with E-state index in [1.807, 2.05) is 0 Å². The quantitative estimate of drug-likeness (QED) is 0.700. The third-order valence-electron chi connectivity index (χ3n) is 4.57. The second kappa shape index (κ2) is 6.31. The first kappa shape index (κ1) is 16.9. The summed E-state index contributed by atoms with van der Waals surface area (Å²) in [6.45, 7) is 0. The number of aromatic nitrogens is 4. The monoisotopic (exact) mass is 371 g/mol. The Labute approximate surface area is 153 Å². The van der Waals surface area contributed by atoms with Gasteiger partial charge in [-0.15, -0.1) is 0 Å². The molecular weight excluding hydrogens is 354 g/mol. The summed E-state index contributed by atoms with van der Waals surface area (Å²) in [5.74, 6) is 1.13. The molecule has 27 heavy (non-hydrogen) atoms. The van der Waals surface area contributed by atoms with Crippen LogP contribution in [0.5, 0.6) is 17.2 Å². The van der Waals surface area contributed by atoms with Gasteiger partial charge in [0.1, 0.15) is 12.1 Å². The van der Waals surface area contributed by atoms with Crippen LogP contribution in [0, 0.1) is 0 Å². The maximum absolute atomic E-state index is 12.7. The highest BCUT2D eigenvalue weighted by atomic mass is 16.5. The molecule has 0 fully saturated rings. The molecule has 0 saturated heterocycles. The van der Waals surface area contributed by atoms with Crippen LogP contribution in [0.15, 0.2) is 23.3 Å². The lowest BCUT2D eigenvalue weighted by atomic mass is 9.86. The molecule has 3 heterocycles. The average Bonchev–Trinajstić information content (AvgIpc) is 3.14. The Morgan fingerprint density at radius 1 is 1.11 bits per heavy atom. The molecule has 0 unspecified atom stereocenters. The van der Waals surface area contributed by atoms with Crippen molar-refractivity contribution in [2.75, 3.05) is 26.6 Å². The number of aromatic amines is 1. The Morgan fingerprint density at radius 2 is 1.81 bits per heavy atom. The topological polar surface area (TPSA) is 120 Å². The molecule has 1 amide bonds. The zero-order valence-corrected chi connectivity index (χ0v) is 14.9. The number of rotatable bonds is 4. The van der Waals surface area contributed by atoms with Crippen LogP contribution in [0.2, 0.25) is 0 Å². The molecule has 1 aromatic carbocycles. The summed E-state index contributed by atoms with van der Waals surface area (Å²) in [4.78, 5) is 31.7. The van der Waals surface area contributed by atoms with E-state index in [0.29, 0.717) is 34.2 Å². The summed E-state index contributed by atoms with van der Waals surface area (Å²) in [5.41, 5.74) is 0.733. The molecule has 10 nitrogen and oxygen atoms in total.